The Morgan fingerprint density at radius 3 is 2.75 bits per heavy atom. The molecule has 24 heavy (non-hydrogen) atoms. The van der Waals surface area contributed by atoms with Crippen LogP contribution < -0.4 is 10.1 Å². The molecule has 1 saturated heterocycles. The molecule has 2 heterocycles. The van der Waals surface area contributed by atoms with Gasteiger partial charge in [0.2, 0.25) is 0 Å². The lowest BCUT2D eigenvalue weighted by Crippen LogP contribution is -2.38. The van der Waals surface area contributed by atoms with Crippen LogP contribution in [0.15, 0.2) is 47.1 Å². The highest BCUT2D eigenvalue weighted by atomic mass is 16.5. The summed E-state index contributed by atoms with van der Waals surface area (Å²) in [7, 11) is 0. The first-order valence-electron chi connectivity index (χ1n) is 8.19. The molecule has 1 unspecified atom stereocenters. The molecule has 0 spiro atoms. The van der Waals surface area contributed by atoms with Gasteiger partial charge < -0.3 is 19.6 Å². The number of likely N-dealkylation sites (tertiary alicyclic amines) is 1. The maximum absolute atomic E-state index is 12.0. The van der Waals surface area contributed by atoms with Crippen molar-refractivity contribution in [3.63, 3.8) is 0 Å². The van der Waals surface area contributed by atoms with E-state index in [9.17, 15) is 9.90 Å². The molecule has 3 rings (SSSR count). The number of phenolic OH excluding ortho intramolecular Hbond substituents is 1. The smallest absolute Gasteiger partial charge is 0.258 e. The third-order valence-electron chi connectivity index (χ3n) is 4.17. The molecule has 6 nitrogen and oxygen atoms in total. The highest BCUT2D eigenvalue weighted by Gasteiger charge is 2.25. The van der Waals surface area contributed by atoms with Crippen LogP contribution >= 0.6 is 0 Å². The van der Waals surface area contributed by atoms with E-state index in [0.29, 0.717) is 12.3 Å². The van der Waals surface area contributed by atoms with Gasteiger partial charge in [-0.1, -0.05) is 12.1 Å². The average Bonchev–Trinajstić information content (AvgIpc) is 3.28. The van der Waals surface area contributed by atoms with Crippen molar-refractivity contribution in [1.82, 2.24) is 10.2 Å². The van der Waals surface area contributed by atoms with Gasteiger partial charge in [0.25, 0.3) is 5.91 Å². The predicted octanol–water partition coefficient (Wildman–Crippen LogP) is 2.32. The summed E-state index contributed by atoms with van der Waals surface area (Å²) in [6, 6.07) is 10.4. The molecule has 2 N–H and O–H groups in total. The molecule has 2 aromatic rings. The van der Waals surface area contributed by atoms with Gasteiger partial charge in [-0.2, -0.15) is 0 Å². The minimum Gasteiger partial charge on any atom is -0.504 e. The van der Waals surface area contributed by atoms with Crippen molar-refractivity contribution in [2.45, 2.75) is 18.9 Å². The summed E-state index contributed by atoms with van der Waals surface area (Å²) in [5.74, 6) is 0.957. The number of benzene rings is 1. The quantitative estimate of drug-likeness (QED) is 0.815. The molecule has 1 aliphatic heterocycles. The zero-order valence-electron chi connectivity index (χ0n) is 13.5. The van der Waals surface area contributed by atoms with Crippen molar-refractivity contribution in [2.75, 3.05) is 26.2 Å². The molecule has 128 valence electrons. The lowest BCUT2D eigenvalue weighted by molar-refractivity contribution is -0.123. The number of para-hydroxylation sites is 2. The number of ether oxygens (including phenoxy) is 1. The summed E-state index contributed by atoms with van der Waals surface area (Å²) in [6.45, 7) is 2.35. The second-order valence-corrected chi connectivity index (χ2v) is 5.83. The second kappa shape index (κ2) is 7.88. The first-order chi connectivity index (χ1) is 11.7. The Hall–Kier alpha value is -2.47. The van der Waals surface area contributed by atoms with Crippen LogP contribution in [0.5, 0.6) is 11.5 Å². The molecule has 1 aromatic heterocycles. The van der Waals surface area contributed by atoms with E-state index in [1.165, 1.54) is 18.9 Å². The summed E-state index contributed by atoms with van der Waals surface area (Å²) >= 11 is 0. The van der Waals surface area contributed by atoms with E-state index in [1.807, 2.05) is 12.1 Å². The Morgan fingerprint density at radius 1 is 1.25 bits per heavy atom. The average molecular weight is 330 g/mol. The number of furan rings is 1. The number of nitrogens with zero attached hydrogens (tertiary/aromatic N) is 1. The number of carbonyl (C=O) groups is 1. The highest BCUT2D eigenvalue weighted by molar-refractivity contribution is 5.77. The molecule has 6 heteroatoms. The number of carbonyl (C=O) groups excluding carboxylic acids is 1. The van der Waals surface area contributed by atoms with Gasteiger partial charge in [-0.25, -0.2) is 0 Å². The van der Waals surface area contributed by atoms with Gasteiger partial charge in [0.1, 0.15) is 5.76 Å². The third-order valence-corrected chi connectivity index (χ3v) is 4.17. The van der Waals surface area contributed by atoms with Gasteiger partial charge in [0, 0.05) is 6.54 Å². The highest BCUT2D eigenvalue weighted by Crippen LogP contribution is 2.25. The van der Waals surface area contributed by atoms with E-state index in [4.69, 9.17) is 9.15 Å². The summed E-state index contributed by atoms with van der Waals surface area (Å²) < 4.78 is 10.9. The first kappa shape index (κ1) is 16.4. The number of aromatic hydroxyl groups is 1. The molecule has 0 radical (unpaired) electrons. The molecule has 1 aromatic carbocycles. The number of amides is 1. The van der Waals surface area contributed by atoms with Gasteiger partial charge in [-0.3, -0.25) is 9.69 Å². The Bertz CT molecular complexity index is 651. The molecular formula is C18H22N2O4. The lowest BCUT2D eigenvalue weighted by Gasteiger charge is -2.26. The maximum Gasteiger partial charge on any atom is 0.258 e. The van der Waals surface area contributed by atoms with Gasteiger partial charge in [0.15, 0.2) is 18.1 Å². The van der Waals surface area contributed by atoms with Crippen LogP contribution in [0.3, 0.4) is 0 Å². The van der Waals surface area contributed by atoms with Crippen LogP contribution in [-0.2, 0) is 4.79 Å². The van der Waals surface area contributed by atoms with Gasteiger partial charge in [-0.15, -0.1) is 0 Å². The number of hydrogen-bond donors (Lipinski definition) is 2. The fraction of sp³-hybridized carbons (Fsp3) is 0.389. The predicted molar refractivity (Wildman–Crippen MR) is 88.9 cm³/mol. The monoisotopic (exact) mass is 330 g/mol. The zero-order valence-corrected chi connectivity index (χ0v) is 13.5. The summed E-state index contributed by atoms with van der Waals surface area (Å²) in [5, 5.41) is 12.5. The fourth-order valence-electron chi connectivity index (χ4n) is 2.93. The van der Waals surface area contributed by atoms with Crippen molar-refractivity contribution in [3.8, 4) is 11.5 Å². The van der Waals surface area contributed by atoms with Crippen molar-refractivity contribution in [1.29, 1.82) is 0 Å². The van der Waals surface area contributed by atoms with E-state index in [2.05, 4.69) is 10.2 Å². The van der Waals surface area contributed by atoms with Gasteiger partial charge >= 0.3 is 0 Å². The second-order valence-electron chi connectivity index (χ2n) is 5.83. The first-order valence-corrected chi connectivity index (χ1v) is 8.19. The number of rotatable bonds is 7. The molecule has 0 aliphatic carbocycles. The van der Waals surface area contributed by atoms with E-state index in [-0.39, 0.29) is 24.3 Å². The molecule has 1 amide bonds. The SMILES string of the molecule is O=C(COc1ccccc1O)NCC(c1ccco1)N1CCCC1. The van der Waals surface area contributed by atoms with Gasteiger partial charge in [0.05, 0.1) is 12.3 Å². The van der Waals surface area contributed by atoms with E-state index in [0.717, 1.165) is 18.8 Å². The molecule has 1 atom stereocenters. The van der Waals surface area contributed by atoms with Crippen molar-refractivity contribution in [3.05, 3.63) is 48.4 Å². The van der Waals surface area contributed by atoms with Crippen LogP contribution in [0.25, 0.3) is 0 Å². The van der Waals surface area contributed by atoms with Crippen LogP contribution in [0, 0.1) is 0 Å². The molecular weight excluding hydrogens is 308 g/mol. The molecule has 0 saturated carbocycles. The summed E-state index contributed by atoms with van der Waals surface area (Å²) in [6.07, 6.45) is 3.99. The van der Waals surface area contributed by atoms with Crippen LogP contribution in [0.1, 0.15) is 24.6 Å². The van der Waals surface area contributed by atoms with E-state index in [1.54, 1.807) is 24.5 Å². The molecule has 0 bridgehead atoms. The van der Waals surface area contributed by atoms with Crippen LogP contribution in [-0.4, -0.2) is 42.2 Å². The summed E-state index contributed by atoms with van der Waals surface area (Å²) in [5.41, 5.74) is 0. The fourth-order valence-corrected chi connectivity index (χ4v) is 2.93. The van der Waals surface area contributed by atoms with Crippen LogP contribution in [0.4, 0.5) is 0 Å². The zero-order chi connectivity index (χ0) is 16.8. The van der Waals surface area contributed by atoms with Crippen molar-refractivity contribution < 1.29 is 19.1 Å². The van der Waals surface area contributed by atoms with Crippen LogP contribution in [0.2, 0.25) is 0 Å². The van der Waals surface area contributed by atoms with E-state index < -0.39 is 0 Å². The third kappa shape index (κ3) is 4.08. The summed E-state index contributed by atoms with van der Waals surface area (Å²) in [4.78, 5) is 14.4. The number of nitrogens with one attached hydrogen (secondary N) is 1. The van der Waals surface area contributed by atoms with Crippen molar-refractivity contribution in [2.24, 2.45) is 0 Å². The molecule has 1 fully saturated rings. The minimum atomic E-state index is -0.228. The lowest BCUT2D eigenvalue weighted by atomic mass is 10.2. The largest absolute Gasteiger partial charge is 0.504 e. The Labute approximate surface area is 141 Å². The van der Waals surface area contributed by atoms with Gasteiger partial charge in [-0.05, 0) is 50.2 Å². The molecule has 1 aliphatic rings. The number of hydrogen-bond acceptors (Lipinski definition) is 5. The Morgan fingerprint density at radius 2 is 2.04 bits per heavy atom. The standard InChI is InChI=1S/C18H22N2O4/c21-15-6-1-2-7-17(15)24-13-18(22)19-12-14(16-8-5-11-23-16)20-9-3-4-10-20/h1-2,5-8,11,14,21H,3-4,9-10,12-13H2,(H,19,22). The Balaban J connectivity index is 1.52. The normalized spacial score (nSPS) is 16.0. The van der Waals surface area contributed by atoms with Crippen molar-refractivity contribution >= 4 is 5.91 Å². The van der Waals surface area contributed by atoms with E-state index >= 15 is 0 Å². The topological polar surface area (TPSA) is 74.9 Å². The maximum atomic E-state index is 12.0. The number of phenols is 1. The Kier molecular flexibility index (Phi) is 5.38. The minimum absolute atomic E-state index is 0.0239.